The highest BCUT2D eigenvalue weighted by Crippen LogP contribution is 2.35. The number of para-hydroxylation sites is 1. The number of rotatable bonds is 5. The van der Waals surface area contributed by atoms with Crippen molar-refractivity contribution in [3.8, 4) is 11.5 Å². The van der Waals surface area contributed by atoms with Gasteiger partial charge in [-0.2, -0.15) is 0 Å². The van der Waals surface area contributed by atoms with Crippen LogP contribution in [-0.4, -0.2) is 19.6 Å². The van der Waals surface area contributed by atoms with E-state index in [4.69, 9.17) is 37.1 Å². The van der Waals surface area contributed by atoms with E-state index in [9.17, 15) is 9.59 Å². The summed E-state index contributed by atoms with van der Waals surface area (Å²) < 4.78 is 16.6. The van der Waals surface area contributed by atoms with Crippen LogP contribution in [0, 0.1) is 6.92 Å². The van der Waals surface area contributed by atoms with E-state index in [1.807, 2.05) is 19.1 Å². The Balaban J connectivity index is 1.55. The maximum absolute atomic E-state index is 12.7. The number of aryl methyl sites for hydroxylation is 1. The Hall–Kier alpha value is -3.22. The Morgan fingerprint density at radius 1 is 1.03 bits per heavy atom. The number of fused-ring (bicyclic) bond motifs is 2. The van der Waals surface area contributed by atoms with Crippen molar-refractivity contribution in [2.24, 2.45) is 0 Å². The van der Waals surface area contributed by atoms with Crippen molar-refractivity contribution in [3.05, 3.63) is 74.4 Å². The number of anilines is 1. The summed E-state index contributed by atoms with van der Waals surface area (Å²) in [5.41, 5.74) is 2.12. The van der Waals surface area contributed by atoms with Crippen molar-refractivity contribution < 1.29 is 18.7 Å². The lowest BCUT2D eigenvalue weighted by atomic mass is 10.1. The SMILES string of the molecule is COc1cc(OCC(=O)Nc2ccc3c(=O)c4cccc(C)c4oc3c2)c(Cl)cc1Cl. The van der Waals surface area contributed by atoms with Gasteiger partial charge in [-0.15, -0.1) is 0 Å². The second kappa shape index (κ2) is 8.49. The first-order valence-electron chi connectivity index (χ1n) is 9.29. The maximum atomic E-state index is 12.7. The third-order valence-corrected chi connectivity index (χ3v) is 5.33. The lowest BCUT2D eigenvalue weighted by molar-refractivity contribution is -0.118. The van der Waals surface area contributed by atoms with E-state index in [1.54, 1.807) is 24.3 Å². The van der Waals surface area contributed by atoms with Gasteiger partial charge in [-0.05, 0) is 36.8 Å². The summed E-state index contributed by atoms with van der Waals surface area (Å²) in [5, 5.41) is 4.27. The first-order valence-corrected chi connectivity index (χ1v) is 10.0. The van der Waals surface area contributed by atoms with E-state index in [1.165, 1.54) is 19.2 Å². The molecule has 0 aliphatic rings. The minimum absolute atomic E-state index is 0.118. The van der Waals surface area contributed by atoms with Gasteiger partial charge >= 0.3 is 0 Å². The van der Waals surface area contributed by atoms with Gasteiger partial charge in [0.1, 0.15) is 22.7 Å². The van der Waals surface area contributed by atoms with Crippen molar-refractivity contribution in [1.29, 1.82) is 0 Å². The monoisotopic (exact) mass is 457 g/mol. The average Bonchev–Trinajstić information content (AvgIpc) is 2.74. The highest BCUT2D eigenvalue weighted by Gasteiger charge is 2.13. The molecule has 0 spiro atoms. The summed E-state index contributed by atoms with van der Waals surface area (Å²) in [6.07, 6.45) is 0. The molecule has 0 radical (unpaired) electrons. The second-order valence-electron chi connectivity index (χ2n) is 6.85. The molecular formula is C23H17Cl2NO5. The quantitative estimate of drug-likeness (QED) is 0.395. The standard InChI is InChI=1S/C23H17Cl2NO5/c1-12-4-3-5-15-22(28)14-7-6-13(8-18(14)31-23(12)15)26-21(27)11-30-20-10-19(29-2)16(24)9-17(20)25/h3-10H,11H2,1-2H3,(H,26,27). The molecule has 0 aliphatic carbocycles. The summed E-state index contributed by atoms with van der Waals surface area (Å²) in [5.74, 6) is 0.238. The summed E-state index contributed by atoms with van der Waals surface area (Å²) >= 11 is 12.1. The smallest absolute Gasteiger partial charge is 0.262 e. The van der Waals surface area contributed by atoms with E-state index < -0.39 is 5.91 Å². The normalized spacial score (nSPS) is 11.0. The molecule has 4 aromatic rings. The van der Waals surface area contributed by atoms with Gasteiger partial charge in [-0.3, -0.25) is 9.59 Å². The van der Waals surface area contributed by atoms with Gasteiger partial charge in [0.25, 0.3) is 5.91 Å². The Morgan fingerprint density at radius 3 is 2.58 bits per heavy atom. The highest BCUT2D eigenvalue weighted by atomic mass is 35.5. The largest absolute Gasteiger partial charge is 0.495 e. The van der Waals surface area contributed by atoms with Gasteiger partial charge in [-0.25, -0.2) is 0 Å². The van der Waals surface area contributed by atoms with E-state index in [0.29, 0.717) is 38.4 Å². The molecule has 0 unspecified atom stereocenters. The van der Waals surface area contributed by atoms with Crippen LogP contribution in [0.1, 0.15) is 5.56 Å². The van der Waals surface area contributed by atoms with Crippen LogP contribution < -0.4 is 20.2 Å². The van der Waals surface area contributed by atoms with Crippen LogP contribution >= 0.6 is 23.2 Å². The first kappa shape index (κ1) is 21.0. The van der Waals surface area contributed by atoms with Crippen molar-refractivity contribution >= 4 is 56.7 Å². The molecule has 31 heavy (non-hydrogen) atoms. The molecular weight excluding hydrogens is 441 g/mol. The molecule has 4 rings (SSSR count). The zero-order valence-electron chi connectivity index (χ0n) is 16.6. The molecule has 158 valence electrons. The Morgan fingerprint density at radius 2 is 1.81 bits per heavy atom. The Bertz CT molecular complexity index is 1380. The van der Waals surface area contributed by atoms with Gasteiger partial charge in [0.05, 0.1) is 27.9 Å². The zero-order chi connectivity index (χ0) is 22.1. The second-order valence-corrected chi connectivity index (χ2v) is 7.66. The first-order chi connectivity index (χ1) is 14.9. The number of benzene rings is 3. The van der Waals surface area contributed by atoms with E-state index in [2.05, 4.69) is 5.32 Å². The number of halogens is 2. The molecule has 1 heterocycles. The third kappa shape index (κ3) is 4.17. The fourth-order valence-corrected chi connectivity index (χ4v) is 3.73. The van der Waals surface area contributed by atoms with Crippen LogP contribution in [-0.2, 0) is 4.79 Å². The van der Waals surface area contributed by atoms with E-state index in [-0.39, 0.29) is 22.8 Å². The minimum atomic E-state index is -0.413. The van der Waals surface area contributed by atoms with Crippen molar-refractivity contribution in [3.63, 3.8) is 0 Å². The number of hydrogen-bond acceptors (Lipinski definition) is 5. The molecule has 0 bridgehead atoms. The highest BCUT2D eigenvalue weighted by molar-refractivity contribution is 6.36. The number of methoxy groups -OCH3 is 1. The van der Waals surface area contributed by atoms with Crippen molar-refractivity contribution in [2.75, 3.05) is 19.0 Å². The van der Waals surface area contributed by atoms with E-state index in [0.717, 1.165) is 5.56 Å². The van der Waals surface area contributed by atoms with Crippen LogP contribution in [0.3, 0.4) is 0 Å². The van der Waals surface area contributed by atoms with Gasteiger partial charge in [0, 0.05) is 17.8 Å². The number of amides is 1. The number of hydrogen-bond donors (Lipinski definition) is 1. The minimum Gasteiger partial charge on any atom is -0.495 e. The summed E-state index contributed by atoms with van der Waals surface area (Å²) in [6.45, 7) is 1.58. The lowest BCUT2D eigenvalue weighted by Gasteiger charge is -2.11. The van der Waals surface area contributed by atoms with Gasteiger partial charge in [0.15, 0.2) is 6.61 Å². The molecule has 1 amide bonds. The summed E-state index contributed by atoms with van der Waals surface area (Å²) in [6, 6.07) is 13.3. The number of ether oxygens (including phenoxy) is 2. The predicted octanol–water partition coefficient (Wildman–Crippen LogP) is 5.59. The fourth-order valence-electron chi connectivity index (χ4n) is 3.21. The zero-order valence-corrected chi connectivity index (χ0v) is 18.1. The Kier molecular flexibility index (Phi) is 5.76. The number of nitrogens with one attached hydrogen (secondary N) is 1. The number of carbonyl (C=O) groups excluding carboxylic acids is 1. The van der Waals surface area contributed by atoms with Gasteiger partial charge in [0.2, 0.25) is 5.43 Å². The van der Waals surface area contributed by atoms with Gasteiger partial charge < -0.3 is 19.2 Å². The average molecular weight is 458 g/mol. The topological polar surface area (TPSA) is 77.8 Å². The predicted molar refractivity (Wildman–Crippen MR) is 122 cm³/mol. The molecule has 6 nitrogen and oxygen atoms in total. The molecule has 3 aromatic carbocycles. The number of carbonyl (C=O) groups is 1. The molecule has 0 aliphatic heterocycles. The Labute approximate surface area is 187 Å². The molecule has 8 heteroatoms. The van der Waals surface area contributed by atoms with Crippen LogP contribution in [0.5, 0.6) is 11.5 Å². The van der Waals surface area contributed by atoms with Gasteiger partial charge in [-0.1, -0.05) is 35.3 Å². The summed E-state index contributed by atoms with van der Waals surface area (Å²) in [7, 11) is 1.47. The van der Waals surface area contributed by atoms with Crippen LogP contribution in [0.15, 0.2) is 57.7 Å². The molecule has 1 aromatic heterocycles. The molecule has 0 atom stereocenters. The third-order valence-electron chi connectivity index (χ3n) is 4.74. The molecule has 1 N–H and O–H groups in total. The molecule has 0 fully saturated rings. The van der Waals surface area contributed by atoms with Crippen molar-refractivity contribution in [1.82, 2.24) is 0 Å². The fraction of sp³-hybridized carbons (Fsp3) is 0.130. The van der Waals surface area contributed by atoms with Crippen LogP contribution in [0.25, 0.3) is 21.9 Å². The molecule has 0 saturated heterocycles. The lowest BCUT2D eigenvalue weighted by Crippen LogP contribution is -2.20. The van der Waals surface area contributed by atoms with Crippen molar-refractivity contribution in [2.45, 2.75) is 6.92 Å². The summed E-state index contributed by atoms with van der Waals surface area (Å²) in [4.78, 5) is 25.1. The molecule has 0 saturated carbocycles. The maximum Gasteiger partial charge on any atom is 0.262 e. The van der Waals surface area contributed by atoms with Crippen LogP contribution in [0.2, 0.25) is 10.0 Å². The van der Waals surface area contributed by atoms with Crippen LogP contribution in [0.4, 0.5) is 5.69 Å². The van der Waals surface area contributed by atoms with E-state index >= 15 is 0 Å².